The van der Waals surface area contributed by atoms with Crippen LogP contribution in [0.25, 0.3) is 10.9 Å². The van der Waals surface area contributed by atoms with E-state index in [4.69, 9.17) is 5.73 Å². The summed E-state index contributed by atoms with van der Waals surface area (Å²) in [6, 6.07) is 5.40. The molecule has 1 heterocycles. The first-order valence-electron chi connectivity index (χ1n) is 4.18. The molecule has 0 atom stereocenters. The second-order valence-electron chi connectivity index (χ2n) is 3.05. The fourth-order valence-corrected chi connectivity index (χ4v) is 1.32. The number of hydrogen-bond acceptors (Lipinski definition) is 3. The third kappa shape index (κ3) is 1.39. The summed E-state index contributed by atoms with van der Waals surface area (Å²) in [6.45, 7) is 1.46. The van der Waals surface area contributed by atoms with Crippen LogP contribution in [0.1, 0.15) is 6.92 Å². The lowest BCUT2D eigenvalue weighted by Gasteiger charge is -2.00. The second kappa shape index (κ2) is 3.02. The SMILES string of the molecule is CC(=O)Nc1ccc2[nH]nc(N)c2c1. The van der Waals surface area contributed by atoms with Gasteiger partial charge in [0.15, 0.2) is 5.82 Å². The molecule has 1 amide bonds. The minimum Gasteiger partial charge on any atom is -0.382 e. The van der Waals surface area contributed by atoms with E-state index < -0.39 is 0 Å². The van der Waals surface area contributed by atoms with E-state index in [1.54, 1.807) is 12.1 Å². The number of nitrogens with one attached hydrogen (secondary N) is 2. The number of amides is 1. The highest BCUT2D eigenvalue weighted by Crippen LogP contribution is 2.21. The van der Waals surface area contributed by atoms with Gasteiger partial charge >= 0.3 is 0 Å². The summed E-state index contributed by atoms with van der Waals surface area (Å²) in [4.78, 5) is 10.8. The van der Waals surface area contributed by atoms with Crippen molar-refractivity contribution in [2.45, 2.75) is 6.92 Å². The van der Waals surface area contributed by atoms with Crippen molar-refractivity contribution >= 4 is 28.3 Å². The predicted octanol–water partition coefficient (Wildman–Crippen LogP) is 1.10. The molecule has 0 radical (unpaired) electrons. The zero-order chi connectivity index (χ0) is 10.1. The Morgan fingerprint density at radius 3 is 3.07 bits per heavy atom. The van der Waals surface area contributed by atoms with Gasteiger partial charge in [-0.2, -0.15) is 5.10 Å². The van der Waals surface area contributed by atoms with Gasteiger partial charge in [0.05, 0.1) is 5.52 Å². The van der Waals surface area contributed by atoms with Gasteiger partial charge in [-0.1, -0.05) is 0 Å². The van der Waals surface area contributed by atoms with E-state index in [1.807, 2.05) is 6.07 Å². The van der Waals surface area contributed by atoms with Crippen molar-refractivity contribution in [3.8, 4) is 0 Å². The summed E-state index contributed by atoms with van der Waals surface area (Å²) < 4.78 is 0. The van der Waals surface area contributed by atoms with Crippen LogP contribution in [-0.4, -0.2) is 16.1 Å². The first kappa shape index (κ1) is 8.55. The monoisotopic (exact) mass is 190 g/mol. The van der Waals surface area contributed by atoms with Gasteiger partial charge in [0, 0.05) is 18.0 Å². The molecule has 1 aromatic carbocycles. The maximum Gasteiger partial charge on any atom is 0.221 e. The standard InChI is InChI=1S/C9H10N4O/c1-5(14)11-6-2-3-8-7(4-6)9(10)13-12-8/h2-4H,1H3,(H,11,14)(H3,10,12,13). The molecule has 0 aliphatic heterocycles. The van der Waals surface area contributed by atoms with E-state index in [-0.39, 0.29) is 5.91 Å². The quantitative estimate of drug-likeness (QED) is 0.629. The summed E-state index contributed by atoms with van der Waals surface area (Å²) in [7, 11) is 0. The summed E-state index contributed by atoms with van der Waals surface area (Å²) in [6.07, 6.45) is 0. The summed E-state index contributed by atoms with van der Waals surface area (Å²) in [5.74, 6) is 0.332. The number of H-pyrrole nitrogens is 1. The highest BCUT2D eigenvalue weighted by atomic mass is 16.1. The molecule has 0 saturated carbocycles. The topological polar surface area (TPSA) is 83.8 Å². The van der Waals surface area contributed by atoms with Crippen molar-refractivity contribution < 1.29 is 4.79 Å². The van der Waals surface area contributed by atoms with E-state index >= 15 is 0 Å². The van der Waals surface area contributed by atoms with Crippen LogP contribution in [0.15, 0.2) is 18.2 Å². The van der Waals surface area contributed by atoms with Crippen molar-refractivity contribution in [3.05, 3.63) is 18.2 Å². The molecule has 0 unspecified atom stereocenters. The molecule has 72 valence electrons. The lowest BCUT2D eigenvalue weighted by molar-refractivity contribution is -0.114. The molecular weight excluding hydrogens is 180 g/mol. The maximum absolute atomic E-state index is 10.8. The average Bonchev–Trinajstić information content (AvgIpc) is 2.47. The fourth-order valence-electron chi connectivity index (χ4n) is 1.32. The largest absolute Gasteiger partial charge is 0.382 e. The van der Waals surface area contributed by atoms with Crippen molar-refractivity contribution in [1.29, 1.82) is 0 Å². The number of carbonyl (C=O) groups is 1. The van der Waals surface area contributed by atoms with Crippen LogP contribution in [0.2, 0.25) is 0 Å². The normalized spacial score (nSPS) is 10.4. The Labute approximate surface area is 80.3 Å². The molecule has 0 fully saturated rings. The van der Waals surface area contributed by atoms with Crippen LogP contribution in [-0.2, 0) is 4.79 Å². The Balaban J connectivity index is 2.49. The summed E-state index contributed by atoms with van der Waals surface area (Å²) >= 11 is 0. The number of anilines is 2. The number of aromatic amines is 1. The van der Waals surface area contributed by atoms with Crippen LogP contribution in [0.3, 0.4) is 0 Å². The minimum absolute atomic E-state index is 0.105. The molecular formula is C9H10N4O. The molecule has 14 heavy (non-hydrogen) atoms. The number of fused-ring (bicyclic) bond motifs is 1. The number of nitrogens with zero attached hydrogens (tertiary/aromatic N) is 1. The molecule has 0 aliphatic carbocycles. The van der Waals surface area contributed by atoms with E-state index in [2.05, 4.69) is 15.5 Å². The van der Waals surface area contributed by atoms with Gasteiger partial charge in [-0.3, -0.25) is 9.89 Å². The van der Waals surface area contributed by atoms with E-state index in [9.17, 15) is 4.79 Å². The number of carbonyl (C=O) groups excluding carboxylic acids is 1. The third-order valence-electron chi connectivity index (χ3n) is 1.91. The zero-order valence-corrected chi connectivity index (χ0v) is 7.66. The van der Waals surface area contributed by atoms with Crippen molar-refractivity contribution in [3.63, 3.8) is 0 Å². The molecule has 2 rings (SSSR count). The fraction of sp³-hybridized carbons (Fsp3) is 0.111. The number of nitrogen functional groups attached to an aromatic ring is 1. The van der Waals surface area contributed by atoms with Gasteiger partial charge in [0.1, 0.15) is 0 Å². The summed E-state index contributed by atoms with van der Waals surface area (Å²) in [5, 5.41) is 10.1. The number of hydrogen-bond donors (Lipinski definition) is 3. The van der Waals surface area contributed by atoms with Crippen LogP contribution in [0, 0.1) is 0 Å². The summed E-state index contributed by atoms with van der Waals surface area (Å²) in [5.41, 5.74) is 7.20. The van der Waals surface area contributed by atoms with Gasteiger partial charge in [0.25, 0.3) is 0 Å². The third-order valence-corrected chi connectivity index (χ3v) is 1.91. The number of aromatic nitrogens is 2. The first-order valence-corrected chi connectivity index (χ1v) is 4.18. The van der Waals surface area contributed by atoms with Crippen LogP contribution in [0.4, 0.5) is 11.5 Å². The lowest BCUT2D eigenvalue weighted by atomic mass is 10.2. The van der Waals surface area contributed by atoms with Crippen molar-refractivity contribution in [1.82, 2.24) is 10.2 Å². The Kier molecular flexibility index (Phi) is 1.85. The van der Waals surface area contributed by atoms with Crippen LogP contribution in [0.5, 0.6) is 0 Å². The molecule has 5 nitrogen and oxygen atoms in total. The number of rotatable bonds is 1. The van der Waals surface area contributed by atoms with E-state index in [0.717, 1.165) is 16.6 Å². The van der Waals surface area contributed by atoms with Gasteiger partial charge in [-0.05, 0) is 18.2 Å². The Bertz CT molecular complexity index is 489. The van der Waals surface area contributed by atoms with E-state index in [1.165, 1.54) is 6.92 Å². The lowest BCUT2D eigenvalue weighted by Crippen LogP contribution is -2.05. The zero-order valence-electron chi connectivity index (χ0n) is 7.66. The maximum atomic E-state index is 10.8. The smallest absolute Gasteiger partial charge is 0.221 e. The molecule has 0 aliphatic rings. The van der Waals surface area contributed by atoms with Crippen molar-refractivity contribution in [2.24, 2.45) is 0 Å². The van der Waals surface area contributed by atoms with E-state index in [0.29, 0.717) is 5.82 Å². The highest BCUT2D eigenvalue weighted by Gasteiger charge is 2.03. The average molecular weight is 190 g/mol. The predicted molar refractivity (Wildman–Crippen MR) is 54.8 cm³/mol. The molecule has 2 aromatic rings. The Morgan fingerprint density at radius 1 is 1.57 bits per heavy atom. The molecule has 0 saturated heterocycles. The molecule has 5 heteroatoms. The molecule has 4 N–H and O–H groups in total. The van der Waals surface area contributed by atoms with Gasteiger partial charge in [0.2, 0.25) is 5.91 Å². The number of nitrogens with two attached hydrogens (primary N) is 1. The molecule has 0 spiro atoms. The van der Waals surface area contributed by atoms with Crippen LogP contribution >= 0.6 is 0 Å². The Morgan fingerprint density at radius 2 is 2.36 bits per heavy atom. The molecule has 1 aromatic heterocycles. The van der Waals surface area contributed by atoms with Crippen LogP contribution < -0.4 is 11.1 Å². The highest BCUT2D eigenvalue weighted by molar-refractivity contribution is 5.95. The number of benzene rings is 1. The van der Waals surface area contributed by atoms with Crippen molar-refractivity contribution in [2.75, 3.05) is 11.1 Å². The molecule has 0 bridgehead atoms. The van der Waals surface area contributed by atoms with Gasteiger partial charge in [-0.15, -0.1) is 0 Å². The second-order valence-corrected chi connectivity index (χ2v) is 3.05. The Hall–Kier alpha value is -2.04. The van der Waals surface area contributed by atoms with Gasteiger partial charge in [-0.25, -0.2) is 0 Å². The first-order chi connectivity index (χ1) is 6.66. The minimum atomic E-state index is -0.105. The van der Waals surface area contributed by atoms with Gasteiger partial charge < -0.3 is 11.1 Å².